The van der Waals surface area contributed by atoms with Crippen LogP contribution in [0.5, 0.6) is 11.5 Å². The number of thiocarbonyl (C=S) groups is 1. The molecule has 1 fully saturated rings. The van der Waals surface area contributed by atoms with Crippen molar-refractivity contribution in [3.8, 4) is 23.8 Å². The fourth-order valence-electron chi connectivity index (χ4n) is 2.26. The largest absolute Gasteiger partial charge is 0.493 e. The molecule has 1 aromatic carbocycles. The number of hydrogen-bond donors (Lipinski definition) is 0. The number of rotatable bonds is 5. The second-order valence-electron chi connectivity index (χ2n) is 4.82. The molecule has 0 radical (unpaired) electrons. The van der Waals surface area contributed by atoms with E-state index in [9.17, 15) is 4.79 Å². The smallest absolute Gasteiger partial charge is 0.276 e. The molecule has 1 amide bonds. The van der Waals surface area contributed by atoms with Gasteiger partial charge in [0.05, 0.1) is 7.11 Å². The van der Waals surface area contributed by atoms with Crippen LogP contribution in [0.4, 0.5) is 0 Å². The molecule has 0 atom stereocenters. The van der Waals surface area contributed by atoms with Gasteiger partial charge in [0, 0.05) is 13.6 Å². The van der Waals surface area contributed by atoms with Crippen LogP contribution >= 0.6 is 12.2 Å². The van der Waals surface area contributed by atoms with Gasteiger partial charge in [-0.05, 0) is 42.9 Å². The predicted octanol–water partition coefficient (Wildman–Crippen LogP) is 2.13. The minimum Gasteiger partial charge on any atom is -0.493 e. The van der Waals surface area contributed by atoms with E-state index in [4.69, 9.17) is 28.1 Å². The average molecular weight is 330 g/mol. The van der Waals surface area contributed by atoms with E-state index in [1.165, 1.54) is 0 Å². The summed E-state index contributed by atoms with van der Waals surface area (Å²) in [4.78, 5) is 15.6. The Morgan fingerprint density at radius 1 is 1.39 bits per heavy atom. The molecule has 1 aliphatic rings. The number of amides is 1. The highest BCUT2D eigenvalue weighted by molar-refractivity contribution is 7.80. The highest BCUT2D eigenvalue weighted by Crippen LogP contribution is 2.30. The predicted molar refractivity (Wildman–Crippen MR) is 93.0 cm³/mol. The molecule has 0 unspecified atom stereocenters. The van der Waals surface area contributed by atoms with Crippen LogP contribution in [0.2, 0.25) is 0 Å². The first-order chi connectivity index (χ1) is 11.0. The number of benzene rings is 1. The molecular weight excluding hydrogens is 312 g/mol. The lowest BCUT2D eigenvalue weighted by Crippen LogP contribution is -2.30. The molecule has 1 aliphatic heterocycles. The third-order valence-electron chi connectivity index (χ3n) is 3.46. The number of nitrogens with zero attached hydrogens (tertiary/aromatic N) is 2. The maximum Gasteiger partial charge on any atom is 0.276 e. The summed E-state index contributed by atoms with van der Waals surface area (Å²) in [7, 11) is 3.33. The Bertz CT molecular complexity index is 706. The molecule has 0 aliphatic carbocycles. The molecule has 0 aromatic heterocycles. The molecule has 0 spiro atoms. The van der Waals surface area contributed by atoms with Gasteiger partial charge in [-0.25, -0.2) is 0 Å². The number of likely N-dealkylation sites (N-methyl/N-ethyl adjacent to an activating group) is 2. The van der Waals surface area contributed by atoms with Crippen LogP contribution in [0.25, 0.3) is 6.08 Å². The third kappa shape index (κ3) is 3.30. The highest BCUT2D eigenvalue weighted by atomic mass is 32.1. The van der Waals surface area contributed by atoms with Crippen molar-refractivity contribution in [2.75, 3.05) is 27.3 Å². The molecule has 6 heteroatoms. The van der Waals surface area contributed by atoms with Crippen LogP contribution in [0.3, 0.4) is 0 Å². The number of hydrogen-bond acceptors (Lipinski definition) is 4. The molecule has 1 heterocycles. The lowest BCUT2D eigenvalue weighted by atomic mass is 10.1. The minimum absolute atomic E-state index is 0.105. The van der Waals surface area contributed by atoms with Crippen LogP contribution < -0.4 is 9.47 Å². The highest BCUT2D eigenvalue weighted by Gasteiger charge is 2.34. The topological polar surface area (TPSA) is 42.0 Å². The van der Waals surface area contributed by atoms with E-state index in [1.807, 2.05) is 13.0 Å². The van der Waals surface area contributed by atoms with Crippen LogP contribution in [0.1, 0.15) is 12.5 Å². The number of ether oxygens (including phenoxy) is 2. The quantitative estimate of drug-likeness (QED) is 0.470. The SMILES string of the molecule is C#CCOc1ccc(/C=C2\C(=O)N(CC)C(=S)N2C)cc1OC. The molecule has 0 N–H and O–H groups in total. The lowest BCUT2D eigenvalue weighted by molar-refractivity contribution is -0.122. The zero-order valence-corrected chi connectivity index (χ0v) is 14.1. The van der Waals surface area contributed by atoms with Gasteiger partial charge >= 0.3 is 0 Å². The van der Waals surface area contributed by atoms with E-state index in [2.05, 4.69) is 5.92 Å². The van der Waals surface area contributed by atoms with E-state index in [0.29, 0.717) is 28.9 Å². The fourth-order valence-corrected chi connectivity index (χ4v) is 2.57. The van der Waals surface area contributed by atoms with Gasteiger partial charge in [-0.15, -0.1) is 6.42 Å². The first-order valence-corrected chi connectivity index (χ1v) is 7.49. The van der Waals surface area contributed by atoms with Gasteiger partial charge in [-0.1, -0.05) is 12.0 Å². The van der Waals surface area contributed by atoms with Gasteiger partial charge in [0.1, 0.15) is 12.3 Å². The van der Waals surface area contributed by atoms with Crippen molar-refractivity contribution in [3.63, 3.8) is 0 Å². The Labute approximate surface area is 141 Å². The fraction of sp³-hybridized carbons (Fsp3) is 0.294. The van der Waals surface area contributed by atoms with Crippen molar-refractivity contribution in [1.29, 1.82) is 0 Å². The van der Waals surface area contributed by atoms with Gasteiger partial charge in [0.25, 0.3) is 5.91 Å². The summed E-state index contributed by atoms with van der Waals surface area (Å²) in [5, 5.41) is 0.504. The van der Waals surface area contributed by atoms with E-state index in [0.717, 1.165) is 5.56 Å². The van der Waals surface area contributed by atoms with Gasteiger partial charge < -0.3 is 14.4 Å². The van der Waals surface area contributed by atoms with Crippen molar-refractivity contribution >= 4 is 29.3 Å². The molecule has 2 rings (SSSR count). The molecule has 5 nitrogen and oxygen atoms in total. The van der Waals surface area contributed by atoms with Gasteiger partial charge in [0.2, 0.25) is 0 Å². The van der Waals surface area contributed by atoms with Crippen LogP contribution in [0, 0.1) is 12.3 Å². The second kappa shape index (κ2) is 7.16. The Morgan fingerprint density at radius 3 is 2.70 bits per heavy atom. The third-order valence-corrected chi connectivity index (χ3v) is 3.96. The Balaban J connectivity index is 2.34. The van der Waals surface area contributed by atoms with Crippen molar-refractivity contribution in [1.82, 2.24) is 9.80 Å². The van der Waals surface area contributed by atoms with Crippen molar-refractivity contribution in [2.45, 2.75) is 6.92 Å². The molecule has 23 heavy (non-hydrogen) atoms. The molecule has 1 saturated heterocycles. The van der Waals surface area contributed by atoms with Crippen molar-refractivity contribution in [3.05, 3.63) is 29.5 Å². The summed E-state index contributed by atoms with van der Waals surface area (Å²) in [6.07, 6.45) is 6.97. The van der Waals surface area contributed by atoms with Crippen molar-refractivity contribution in [2.24, 2.45) is 0 Å². The standard InChI is InChI=1S/C17H18N2O3S/c1-5-9-22-14-8-7-12(11-15(14)21-4)10-13-16(20)19(6-2)17(23)18(13)3/h1,7-8,10-11H,6,9H2,2-4H3/b13-10+. The lowest BCUT2D eigenvalue weighted by Gasteiger charge is -2.13. The van der Waals surface area contributed by atoms with Gasteiger partial charge in [-0.2, -0.15) is 0 Å². The molecule has 0 bridgehead atoms. The van der Waals surface area contributed by atoms with E-state index >= 15 is 0 Å². The molecular formula is C17H18N2O3S. The zero-order valence-electron chi connectivity index (χ0n) is 13.3. The molecule has 1 aromatic rings. The summed E-state index contributed by atoms with van der Waals surface area (Å²) in [6, 6.07) is 5.38. The van der Waals surface area contributed by atoms with Crippen LogP contribution in [-0.4, -0.2) is 48.1 Å². The second-order valence-corrected chi connectivity index (χ2v) is 5.19. The van der Waals surface area contributed by atoms with Gasteiger partial charge in [-0.3, -0.25) is 9.69 Å². The number of carbonyl (C=O) groups is 1. The minimum atomic E-state index is -0.105. The zero-order chi connectivity index (χ0) is 17.0. The Kier molecular flexibility index (Phi) is 5.24. The average Bonchev–Trinajstić information content (AvgIpc) is 2.76. The maximum atomic E-state index is 12.4. The molecule has 0 saturated carbocycles. The first kappa shape index (κ1) is 16.8. The monoisotopic (exact) mass is 330 g/mol. The van der Waals surface area contributed by atoms with Crippen LogP contribution in [0.15, 0.2) is 23.9 Å². The van der Waals surface area contributed by atoms with Crippen LogP contribution in [-0.2, 0) is 4.79 Å². The maximum absolute atomic E-state index is 12.4. The number of terminal acetylenes is 1. The summed E-state index contributed by atoms with van der Waals surface area (Å²) >= 11 is 5.28. The summed E-state index contributed by atoms with van der Waals surface area (Å²) in [6.45, 7) is 2.60. The van der Waals surface area contributed by atoms with E-state index in [-0.39, 0.29) is 12.5 Å². The molecule has 120 valence electrons. The Morgan fingerprint density at radius 2 is 2.13 bits per heavy atom. The number of carbonyl (C=O) groups excluding carboxylic acids is 1. The summed E-state index contributed by atoms with van der Waals surface area (Å²) < 4.78 is 10.7. The van der Waals surface area contributed by atoms with E-state index in [1.54, 1.807) is 42.2 Å². The van der Waals surface area contributed by atoms with E-state index < -0.39 is 0 Å². The van der Waals surface area contributed by atoms with Crippen molar-refractivity contribution < 1.29 is 14.3 Å². The number of methoxy groups -OCH3 is 1. The van der Waals surface area contributed by atoms with Gasteiger partial charge in [0.15, 0.2) is 16.6 Å². The summed E-state index contributed by atoms with van der Waals surface area (Å²) in [5.74, 6) is 3.42. The first-order valence-electron chi connectivity index (χ1n) is 7.09. The normalized spacial score (nSPS) is 16.0. The summed E-state index contributed by atoms with van der Waals surface area (Å²) in [5.41, 5.74) is 1.34. The Hall–Kier alpha value is -2.52.